The van der Waals surface area contributed by atoms with Gasteiger partial charge in [-0.3, -0.25) is 0 Å². The lowest BCUT2D eigenvalue weighted by atomic mass is 10.0. The fourth-order valence-electron chi connectivity index (χ4n) is 2.47. The summed E-state index contributed by atoms with van der Waals surface area (Å²) in [6.07, 6.45) is 9.84. The van der Waals surface area contributed by atoms with Gasteiger partial charge in [0.1, 0.15) is 0 Å². The Bertz CT molecular complexity index is 377. The number of aryl methyl sites for hydroxylation is 1. The van der Waals surface area contributed by atoms with Crippen molar-refractivity contribution in [3.05, 3.63) is 48.0 Å². The second-order valence-corrected chi connectivity index (χ2v) is 5.41. The van der Waals surface area contributed by atoms with Crippen LogP contribution in [0.15, 0.2) is 36.9 Å². The summed E-state index contributed by atoms with van der Waals surface area (Å²) in [5.74, 6) is 0. The summed E-state index contributed by atoms with van der Waals surface area (Å²) in [5, 5.41) is 0. The van der Waals surface area contributed by atoms with Crippen molar-refractivity contribution in [1.29, 1.82) is 0 Å². The minimum atomic E-state index is 0.0296. The molecule has 2 nitrogen and oxygen atoms in total. The van der Waals surface area contributed by atoms with Gasteiger partial charge in [-0.15, -0.1) is 6.58 Å². The van der Waals surface area contributed by atoms with E-state index < -0.39 is 0 Å². The molecule has 110 valence electrons. The summed E-state index contributed by atoms with van der Waals surface area (Å²) < 4.78 is 11.3. The van der Waals surface area contributed by atoms with Gasteiger partial charge in [0.2, 0.25) is 0 Å². The second-order valence-electron chi connectivity index (χ2n) is 5.41. The molecular formula is C18H26O2. The third-order valence-electron chi connectivity index (χ3n) is 3.73. The van der Waals surface area contributed by atoms with Crippen LogP contribution in [0.2, 0.25) is 0 Å². The van der Waals surface area contributed by atoms with Gasteiger partial charge in [-0.05, 0) is 56.1 Å². The van der Waals surface area contributed by atoms with Crippen LogP contribution in [0.4, 0.5) is 0 Å². The first-order valence-electron chi connectivity index (χ1n) is 7.80. The second kappa shape index (κ2) is 8.93. The summed E-state index contributed by atoms with van der Waals surface area (Å²) in [4.78, 5) is 0. The van der Waals surface area contributed by atoms with Crippen molar-refractivity contribution in [2.45, 2.75) is 51.2 Å². The number of benzene rings is 1. The van der Waals surface area contributed by atoms with Gasteiger partial charge in [-0.25, -0.2) is 0 Å². The monoisotopic (exact) mass is 274 g/mol. The minimum absolute atomic E-state index is 0.0296. The van der Waals surface area contributed by atoms with Crippen LogP contribution in [0.25, 0.3) is 0 Å². The molecule has 1 aromatic carbocycles. The van der Waals surface area contributed by atoms with Gasteiger partial charge >= 0.3 is 0 Å². The molecule has 1 aliphatic heterocycles. The first kappa shape index (κ1) is 15.3. The number of hydrogen-bond acceptors (Lipinski definition) is 2. The third-order valence-corrected chi connectivity index (χ3v) is 3.73. The Morgan fingerprint density at radius 1 is 1.15 bits per heavy atom. The molecule has 1 unspecified atom stereocenters. The first-order chi connectivity index (χ1) is 9.88. The van der Waals surface area contributed by atoms with Crippen LogP contribution >= 0.6 is 0 Å². The maximum atomic E-state index is 5.76. The Labute approximate surface area is 122 Å². The summed E-state index contributed by atoms with van der Waals surface area (Å²) in [7, 11) is 0. The SMILES string of the molecule is C=CCCCc1ccc(CCOC2CCCCO2)cc1. The lowest BCUT2D eigenvalue weighted by Crippen LogP contribution is -2.23. The van der Waals surface area contributed by atoms with Crippen LogP contribution in [0.1, 0.15) is 43.2 Å². The number of allylic oxidation sites excluding steroid dienone is 1. The number of ether oxygens (including phenoxy) is 2. The molecule has 2 rings (SSSR count). The summed E-state index contributed by atoms with van der Waals surface area (Å²) in [6, 6.07) is 8.90. The molecule has 1 heterocycles. The van der Waals surface area contributed by atoms with Crippen LogP contribution < -0.4 is 0 Å². The highest BCUT2D eigenvalue weighted by molar-refractivity contribution is 5.22. The van der Waals surface area contributed by atoms with E-state index in [0.717, 1.165) is 38.9 Å². The standard InChI is InChI=1S/C18H26O2/c1-2-3-4-7-16-9-11-17(12-10-16)13-15-20-18-8-5-6-14-19-18/h2,9-12,18H,1,3-8,13-15H2. The molecule has 1 fully saturated rings. The molecule has 1 saturated heterocycles. The van der Waals surface area contributed by atoms with E-state index in [-0.39, 0.29) is 6.29 Å². The zero-order valence-corrected chi connectivity index (χ0v) is 12.4. The van der Waals surface area contributed by atoms with Gasteiger partial charge in [-0.1, -0.05) is 30.3 Å². The number of unbranched alkanes of at least 4 members (excludes halogenated alkanes) is 1. The Balaban J connectivity index is 1.66. The summed E-state index contributed by atoms with van der Waals surface area (Å²) in [5.41, 5.74) is 2.75. The highest BCUT2D eigenvalue weighted by Gasteiger charge is 2.13. The van der Waals surface area contributed by atoms with Crippen LogP contribution in [0.3, 0.4) is 0 Å². The van der Waals surface area contributed by atoms with Crippen molar-refractivity contribution in [2.24, 2.45) is 0 Å². The zero-order valence-electron chi connectivity index (χ0n) is 12.4. The maximum absolute atomic E-state index is 5.76. The van der Waals surface area contributed by atoms with Crippen LogP contribution in [0, 0.1) is 0 Å². The van der Waals surface area contributed by atoms with Gasteiger partial charge in [0.05, 0.1) is 6.61 Å². The molecule has 0 aromatic heterocycles. The van der Waals surface area contributed by atoms with E-state index in [1.165, 1.54) is 30.4 Å². The van der Waals surface area contributed by atoms with Crippen molar-refractivity contribution in [3.63, 3.8) is 0 Å². The average molecular weight is 274 g/mol. The summed E-state index contributed by atoms with van der Waals surface area (Å²) in [6.45, 7) is 5.36. The molecule has 1 aliphatic rings. The maximum Gasteiger partial charge on any atom is 0.157 e. The van der Waals surface area contributed by atoms with Crippen molar-refractivity contribution < 1.29 is 9.47 Å². The van der Waals surface area contributed by atoms with Gasteiger partial charge in [0.15, 0.2) is 6.29 Å². The van der Waals surface area contributed by atoms with Crippen LogP contribution in [-0.4, -0.2) is 19.5 Å². The summed E-state index contributed by atoms with van der Waals surface area (Å²) >= 11 is 0. The van der Waals surface area contributed by atoms with Crippen molar-refractivity contribution in [2.75, 3.05) is 13.2 Å². The van der Waals surface area contributed by atoms with Gasteiger partial charge in [-0.2, -0.15) is 0 Å². The fraction of sp³-hybridized carbons (Fsp3) is 0.556. The minimum Gasteiger partial charge on any atom is -0.353 e. The van der Waals surface area contributed by atoms with Gasteiger partial charge in [0.25, 0.3) is 0 Å². The van der Waals surface area contributed by atoms with E-state index in [1.807, 2.05) is 6.08 Å². The first-order valence-corrected chi connectivity index (χ1v) is 7.80. The zero-order chi connectivity index (χ0) is 14.0. The predicted molar refractivity (Wildman–Crippen MR) is 82.8 cm³/mol. The molecule has 0 bridgehead atoms. The molecule has 0 N–H and O–H groups in total. The van der Waals surface area contributed by atoms with E-state index >= 15 is 0 Å². The van der Waals surface area contributed by atoms with Crippen LogP contribution in [0.5, 0.6) is 0 Å². The molecule has 0 saturated carbocycles. The Hall–Kier alpha value is -1.12. The highest BCUT2D eigenvalue weighted by Crippen LogP contribution is 2.14. The Morgan fingerprint density at radius 3 is 2.55 bits per heavy atom. The molecule has 20 heavy (non-hydrogen) atoms. The molecular weight excluding hydrogens is 248 g/mol. The molecule has 1 aromatic rings. The fourth-order valence-corrected chi connectivity index (χ4v) is 2.47. The quantitative estimate of drug-likeness (QED) is 0.520. The van der Waals surface area contributed by atoms with E-state index in [4.69, 9.17) is 9.47 Å². The molecule has 1 atom stereocenters. The topological polar surface area (TPSA) is 18.5 Å². The largest absolute Gasteiger partial charge is 0.353 e. The Kier molecular flexibility index (Phi) is 6.82. The van der Waals surface area contributed by atoms with Crippen LogP contribution in [-0.2, 0) is 22.3 Å². The van der Waals surface area contributed by atoms with Crippen molar-refractivity contribution in [1.82, 2.24) is 0 Å². The smallest absolute Gasteiger partial charge is 0.157 e. The van der Waals surface area contributed by atoms with Gasteiger partial charge < -0.3 is 9.47 Å². The molecule has 2 heteroatoms. The lowest BCUT2D eigenvalue weighted by Gasteiger charge is -2.22. The van der Waals surface area contributed by atoms with Crippen molar-refractivity contribution in [3.8, 4) is 0 Å². The predicted octanol–water partition coefficient (Wildman–Crippen LogP) is 4.28. The van der Waals surface area contributed by atoms with E-state index in [1.54, 1.807) is 0 Å². The van der Waals surface area contributed by atoms with Gasteiger partial charge in [0, 0.05) is 6.61 Å². The third kappa shape index (κ3) is 5.48. The Morgan fingerprint density at radius 2 is 1.90 bits per heavy atom. The average Bonchev–Trinajstić information content (AvgIpc) is 2.50. The number of rotatable bonds is 8. The highest BCUT2D eigenvalue weighted by atomic mass is 16.7. The molecule has 0 amide bonds. The molecule has 0 spiro atoms. The van der Waals surface area contributed by atoms with E-state index in [2.05, 4.69) is 30.8 Å². The number of hydrogen-bond donors (Lipinski definition) is 0. The van der Waals surface area contributed by atoms with Crippen molar-refractivity contribution >= 4 is 0 Å². The normalized spacial score (nSPS) is 18.9. The van der Waals surface area contributed by atoms with E-state index in [9.17, 15) is 0 Å². The molecule has 0 radical (unpaired) electrons. The lowest BCUT2D eigenvalue weighted by molar-refractivity contribution is -0.161. The molecule has 0 aliphatic carbocycles. The van der Waals surface area contributed by atoms with E-state index in [0.29, 0.717) is 0 Å².